The van der Waals surface area contributed by atoms with Crippen molar-refractivity contribution in [1.82, 2.24) is 24.6 Å². The molecule has 2 aromatic carbocycles. The van der Waals surface area contributed by atoms with Gasteiger partial charge in [0.1, 0.15) is 18.2 Å². The highest BCUT2D eigenvalue weighted by Crippen LogP contribution is 2.27. The second-order valence-corrected chi connectivity index (χ2v) is 8.06. The number of carbonyl (C=O) groups excluding carboxylic acids is 1. The van der Waals surface area contributed by atoms with Gasteiger partial charge in [0.25, 0.3) is 0 Å². The molecule has 3 heterocycles. The van der Waals surface area contributed by atoms with Gasteiger partial charge in [-0.25, -0.2) is 14.6 Å². The predicted octanol–water partition coefficient (Wildman–Crippen LogP) is 2.70. The molecule has 1 aliphatic rings. The van der Waals surface area contributed by atoms with E-state index in [0.29, 0.717) is 32.6 Å². The van der Waals surface area contributed by atoms with Crippen LogP contribution in [0.3, 0.4) is 0 Å². The van der Waals surface area contributed by atoms with Crippen LogP contribution in [0.25, 0.3) is 16.7 Å². The van der Waals surface area contributed by atoms with E-state index < -0.39 is 0 Å². The van der Waals surface area contributed by atoms with Crippen molar-refractivity contribution in [2.24, 2.45) is 0 Å². The van der Waals surface area contributed by atoms with Gasteiger partial charge in [0.05, 0.1) is 17.3 Å². The van der Waals surface area contributed by atoms with E-state index in [9.17, 15) is 4.79 Å². The SMILES string of the molecule is COCC(=O)N1CCN(c2nc(Cc3ccccc3)nc3c2cnn3-c2ccccc2)CC1. The fourth-order valence-corrected chi connectivity index (χ4v) is 4.18. The first-order valence-electron chi connectivity index (χ1n) is 11.1. The fraction of sp³-hybridized carbons (Fsp3) is 0.280. The van der Waals surface area contributed by atoms with Gasteiger partial charge >= 0.3 is 0 Å². The van der Waals surface area contributed by atoms with Crippen LogP contribution in [0.2, 0.25) is 0 Å². The highest BCUT2D eigenvalue weighted by molar-refractivity contribution is 5.88. The summed E-state index contributed by atoms with van der Waals surface area (Å²) in [5.41, 5.74) is 2.90. The van der Waals surface area contributed by atoms with Crippen LogP contribution >= 0.6 is 0 Å². The molecule has 1 saturated heterocycles. The molecule has 0 spiro atoms. The van der Waals surface area contributed by atoms with Gasteiger partial charge in [0, 0.05) is 39.7 Å². The van der Waals surface area contributed by atoms with Gasteiger partial charge in [0.15, 0.2) is 5.65 Å². The molecule has 0 aliphatic carbocycles. The third-order valence-corrected chi connectivity index (χ3v) is 5.86. The Balaban J connectivity index is 1.52. The lowest BCUT2D eigenvalue weighted by molar-refractivity contribution is -0.135. The standard InChI is InChI=1S/C25H26N6O2/c1-33-18-23(32)29-12-14-30(15-13-29)24-21-17-26-31(20-10-6-3-7-11-20)25(21)28-22(27-24)16-19-8-4-2-5-9-19/h2-11,17H,12-16,18H2,1H3. The normalized spacial score (nSPS) is 14.1. The number of benzene rings is 2. The third-order valence-electron chi connectivity index (χ3n) is 5.86. The summed E-state index contributed by atoms with van der Waals surface area (Å²) in [7, 11) is 1.55. The van der Waals surface area contributed by atoms with Crippen molar-refractivity contribution < 1.29 is 9.53 Å². The zero-order valence-corrected chi connectivity index (χ0v) is 18.6. The first-order valence-corrected chi connectivity index (χ1v) is 11.1. The number of methoxy groups -OCH3 is 1. The van der Waals surface area contributed by atoms with Crippen LogP contribution in [0.4, 0.5) is 5.82 Å². The molecule has 8 nitrogen and oxygen atoms in total. The Morgan fingerprint density at radius 2 is 1.64 bits per heavy atom. The molecule has 1 fully saturated rings. The molecule has 168 valence electrons. The fourth-order valence-electron chi connectivity index (χ4n) is 4.18. The van der Waals surface area contributed by atoms with Gasteiger partial charge in [-0.15, -0.1) is 0 Å². The Morgan fingerprint density at radius 3 is 2.33 bits per heavy atom. The minimum absolute atomic E-state index is 0.0200. The molecule has 0 N–H and O–H groups in total. The van der Waals surface area contributed by atoms with Crippen LogP contribution in [0.1, 0.15) is 11.4 Å². The summed E-state index contributed by atoms with van der Waals surface area (Å²) in [6.45, 7) is 2.78. The first-order chi connectivity index (χ1) is 16.2. The van der Waals surface area contributed by atoms with Crippen LogP contribution in [-0.2, 0) is 16.0 Å². The monoisotopic (exact) mass is 442 g/mol. The summed E-state index contributed by atoms with van der Waals surface area (Å²) >= 11 is 0. The molecule has 1 amide bonds. The van der Waals surface area contributed by atoms with Crippen LogP contribution in [0.5, 0.6) is 0 Å². The lowest BCUT2D eigenvalue weighted by Crippen LogP contribution is -2.50. The van der Waals surface area contributed by atoms with E-state index in [1.807, 2.05) is 64.3 Å². The molecule has 5 rings (SSSR count). The number of hydrogen-bond donors (Lipinski definition) is 0. The van der Waals surface area contributed by atoms with E-state index in [4.69, 9.17) is 14.7 Å². The van der Waals surface area contributed by atoms with Crippen molar-refractivity contribution >= 4 is 22.8 Å². The Kier molecular flexibility index (Phi) is 5.99. The second kappa shape index (κ2) is 9.38. The highest BCUT2D eigenvalue weighted by Gasteiger charge is 2.25. The molecule has 0 atom stereocenters. The number of fused-ring (bicyclic) bond motifs is 1. The number of carbonyl (C=O) groups is 1. The Bertz CT molecular complexity index is 1230. The van der Waals surface area contributed by atoms with Crippen LogP contribution in [-0.4, -0.2) is 70.5 Å². The number of hydrogen-bond acceptors (Lipinski definition) is 6. The molecule has 8 heteroatoms. The number of nitrogens with zero attached hydrogens (tertiary/aromatic N) is 6. The summed E-state index contributed by atoms with van der Waals surface area (Å²) in [6.07, 6.45) is 2.47. The Labute approximate surface area is 192 Å². The average molecular weight is 443 g/mol. The van der Waals surface area contributed by atoms with E-state index in [1.54, 1.807) is 7.11 Å². The number of rotatable bonds is 6. The molecule has 0 saturated carbocycles. The Morgan fingerprint density at radius 1 is 0.939 bits per heavy atom. The number of ether oxygens (including phenoxy) is 1. The average Bonchev–Trinajstić information content (AvgIpc) is 3.29. The van der Waals surface area contributed by atoms with E-state index in [-0.39, 0.29) is 12.5 Å². The zero-order chi connectivity index (χ0) is 22.6. The summed E-state index contributed by atoms with van der Waals surface area (Å²) in [5.74, 6) is 1.64. The number of para-hydroxylation sites is 1. The van der Waals surface area contributed by atoms with Crippen LogP contribution in [0.15, 0.2) is 66.9 Å². The van der Waals surface area contributed by atoms with Crippen molar-refractivity contribution in [2.75, 3.05) is 44.8 Å². The summed E-state index contributed by atoms with van der Waals surface area (Å²) < 4.78 is 6.88. The topological polar surface area (TPSA) is 76.4 Å². The molecule has 0 bridgehead atoms. The number of anilines is 1. The lowest BCUT2D eigenvalue weighted by Gasteiger charge is -2.35. The van der Waals surface area contributed by atoms with Crippen molar-refractivity contribution in [1.29, 1.82) is 0 Å². The third kappa shape index (κ3) is 4.42. The molecule has 1 aliphatic heterocycles. The van der Waals surface area contributed by atoms with Gasteiger partial charge in [-0.3, -0.25) is 4.79 Å². The van der Waals surface area contributed by atoms with Crippen molar-refractivity contribution in [3.05, 3.63) is 78.2 Å². The minimum atomic E-state index is 0.0200. The smallest absolute Gasteiger partial charge is 0.248 e. The molecular formula is C25H26N6O2. The maximum Gasteiger partial charge on any atom is 0.248 e. The summed E-state index contributed by atoms with van der Waals surface area (Å²) in [4.78, 5) is 26.2. The van der Waals surface area contributed by atoms with E-state index in [1.165, 1.54) is 0 Å². The van der Waals surface area contributed by atoms with E-state index in [2.05, 4.69) is 22.1 Å². The first kappa shape index (κ1) is 21.1. The van der Waals surface area contributed by atoms with Crippen molar-refractivity contribution in [2.45, 2.75) is 6.42 Å². The van der Waals surface area contributed by atoms with Crippen molar-refractivity contribution in [3.8, 4) is 5.69 Å². The van der Waals surface area contributed by atoms with E-state index in [0.717, 1.165) is 33.9 Å². The molecule has 4 aromatic rings. The van der Waals surface area contributed by atoms with Crippen LogP contribution in [0, 0.1) is 0 Å². The van der Waals surface area contributed by atoms with Gasteiger partial charge in [-0.1, -0.05) is 48.5 Å². The van der Waals surface area contributed by atoms with E-state index >= 15 is 0 Å². The second-order valence-electron chi connectivity index (χ2n) is 8.06. The number of aromatic nitrogens is 4. The van der Waals surface area contributed by atoms with Gasteiger partial charge in [-0.2, -0.15) is 5.10 Å². The van der Waals surface area contributed by atoms with Crippen LogP contribution < -0.4 is 4.90 Å². The zero-order valence-electron chi connectivity index (χ0n) is 18.6. The molecule has 2 aromatic heterocycles. The molecular weight excluding hydrogens is 416 g/mol. The summed E-state index contributed by atoms with van der Waals surface area (Å²) in [5, 5.41) is 5.55. The molecule has 0 unspecified atom stereocenters. The maximum absolute atomic E-state index is 12.2. The molecule has 0 radical (unpaired) electrons. The highest BCUT2D eigenvalue weighted by atomic mass is 16.5. The maximum atomic E-state index is 12.2. The van der Waals surface area contributed by atoms with Gasteiger partial charge in [-0.05, 0) is 17.7 Å². The number of piperazine rings is 1. The quantitative estimate of drug-likeness (QED) is 0.457. The largest absolute Gasteiger partial charge is 0.375 e. The summed E-state index contributed by atoms with van der Waals surface area (Å²) in [6, 6.07) is 20.2. The number of amides is 1. The minimum Gasteiger partial charge on any atom is -0.375 e. The van der Waals surface area contributed by atoms with Gasteiger partial charge < -0.3 is 14.5 Å². The lowest BCUT2D eigenvalue weighted by atomic mass is 10.1. The molecule has 33 heavy (non-hydrogen) atoms. The van der Waals surface area contributed by atoms with Gasteiger partial charge in [0.2, 0.25) is 5.91 Å². The Hall–Kier alpha value is -3.78. The predicted molar refractivity (Wildman–Crippen MR) is 127 cm³/mol. The van der Waals surface area contributed by atoms with Crippen molar-refractivity contribution in [3.63, 3.8) is 0 Å².